The summed E-state index contributed by atoms with van der Waals surface area (Å²) in [5.41, 5.74) is 2.97. The van der Waals surface area contributed by atoms with Gasteiger partial charge in [0.2, 0.25) is 0 Å². The first kappa shape index (κ1) is 15.8. The number of ether oxygens (including phenoxy) is 1. The topological polar surface area (TPSA) is 64.3 Å². The minimum Gasteiger partial charge on any atom is -0.493 e. The molecule has 0 spiro atoms. The lowest BCUT2D eigenvalue weighted by molar-refractivity contribution is -0.137. The average molecular weight is 322 g/mol. The van der Waals surface area contributed by atoms with Gasteiger partial charge in [-0.05, 0) is 11.6 Å². The van der Waals surface area contributed by atoms with Gasteiger partial charge in [-0.1, -0.05) is 48.5 Å². The van der Waals surface area contributed by atoms with E-state index in [1.54, 1.807) is 12.4 Å². The SMILES string of the molecule is O=C(O)Cn1cc(-c2ccccc2OCCc2ccccc2)cn1. The van der Waals surface area contributed by atoms with E-state index >= 15 is 0 Å². The van der Waals surface area contributed by atoms with Crippen LogP contribution in [0.2, 0.25) is 0 Å². The third-order valence-corrected chi connectivity index (χ3v) is 3.62. The Morgan fingerprint density at radius 1 is 1.08 bits per heavy atom. The van der Waals surface area contributed by atoms with Crippen molar-refractivity contribution in [2.24, 2.45) is 0 Å². The van der Waals surface area contributed by atoms with Gasteiger partial charge in [0.05, 0.1) is 12.8 Å². The zero-order valence-corrected chi connectivity index (χ0v) is 13.1. The van der Waals surface area contributed by atoms with Crippen LogP contribution >= 0.6 is 0 Å². The second kappa shape index (κ2) is 7.46. The van der Waals surface area contributed by atoms with Crippen LogP contribution < -0.4 is 4.74 Å². The molecule has 0 saturated heterocycles. The van der Waals surface area contributed by atoms with Crippen LogP contribution in [0.1, 0.15) is 5.56 Å². The molecule has 122 valence electrons. The van der Waals surface area contributed by atoms with Crippen molar-refractivity contribution in [1.29, 1.82) is 0 Å². The van der Waals surface area contributed by atoms with Crippen LogP contribution in [0, 0.1) is 0 Å². The van der Waals surface area contributed by atoms with Crippen LogP contribution in [0.4, 0.5) is 0 Å². The Morgan fingerprint density at radius 3 is 2.62 bits per heavy atom. The number of aliphatic carboxylic acids is 1. The molecule has 1 N–H and O–H groups in total. The van der Waals surface area contributed by atoms with Gasteiger partial charge in [-0.2, -0.15) is 5.10 Å². The van der Waals surface area contributed by atoms with E-state index in [-0.39, 0.29) is 6.54 Å². The van der Waals surface area contributed by atoms with Gasteiger partial charge in [-0.3, -0.25) is 9.48 Å². The van der Waals surface area contributed by atoms with E-state index in [0.717, 1.165) is 23.3 Å². The van der Waals surface area contributed by atoms with Gasteiger partial charge < -0.3 is 9.84 Å². The summed E-state index contributed by atoms with van der Waals surface area (Å²) in [5, 5.41) is 12.9. The minimum absolute atomic E-state index is 0.156. The van der Waals surface area contributed by atoms with Gasteiger partial charge in [0, 0.05) is 23.7 Å². The van der Waals surface area contributed by atoms with Gasteiger partial charge in [-0.25, -0.2) is 0 Å². The zero-order valence-electron chi connectivity index (χ0n) is 13.1. The maximum atomic E-state index is 10.8. The fraction of sp³-hybridized carbons (Fsp3) is 0.158. The Kier molecular flexibility index (Phi) is 4.91. The van der Waals surface area contributed by atoms with Crippen LogP contribution in [0.15, 0.2) is 67.0 Å². The molecule has 0 amide bonds. The molecule has 0 aliphatic rings. The van der Waals surface area contributed by atoms with Crippen molar-refractivity contribution in [3.05, 3.63) is 72.6 Å². The normalized spacial score (nSPS) is 10.5. The van der Waals surface area contributed by atoms with Crippen molar-refractivity contribution in [2.75, 3.05) is 6.61 Å². The fourth-order valence-corrected chi connectivity index (χ4v) is 2.48. The Morgan fingerprint density at radius 2 is 1.83 bits per heavy atom. The highest BCUT2D eigenvalue weighted by Gasteiger charge is 2.09. The van der Waals surface area contributed by atoms with Gasteiger partial charge in [0.1, 0.15) is 12.3 Å². The number of aromatic nitrogens is 2. The molecule has 2 aromatic carbocycles. The van der Waals surface area contributed by atoms with Crippen molar-refractivity contribution < 1.29 is 14.6 Å². The molecular formula is C19H18N2O3. The summed E-state index contributed by atoms with van der Waals surface area (Å²) in [5.74, 6) is -0.152. The first-order valence-electron chi connectivity index (χ1n) is 7.73. The van der Waals surface area contributed by atoms with Crippen LogP contribution in [0.25, 0.3) is 11.1 Å². The third kappa shape index (κ3) is 4.01. The van der Waals surface area contributed by atoms with E-state index in [9.17, 15) is 4.79 Å². The summed E-state index contributed by atoms with van der Waals surface area (Å²) in [6.07, 6.45) is 4.20. The summed E-state index contributed by atoms with van der Waals surface area (Å²) in [6, 6.07) is 17.9. The van der Waals surface area contributed by atoms with Crippen molar-refractivity contribution in [1.82, 2.24) is 9.78 Å². The molecule has 0 saturated carbocycles. The number of benzene rings is 2. The predicted octanol–water partition coefficient (Wildman–Crippen LogP) is 3.26. The number of hydrogen-bond donors (Lipinski definition) is 1. The third-order valence-electron chi connectivity index (χ3n) is 3.62. The predicted molar refractivity (Wildman–Crippen MR) is 90.9 cm³/mol. The smallest absolute Gasteiger partial charge is 0.325 e. The molecule has 1 aromatic heterocycles. The highest BCUT2D eigenvalue weighted by molar-refractivity contribution is 5.70. The maximum absolute atomic E-state index is 10.8. The summed E-state index contributed by atoms with van der Waals surface area (Å²) in [6.45, 7) is 0.418. The Hall–Kier alpha value is -3.08. The van der Waals surface area contributed by atoms with Crippen LogP contribution in [-0.4, -0.2) is 27.5 Å². The number of carboxylic acids is 1. The monoisotopic (exact) mass is 322 g/mol. The molecule has 0 bridgehead atoms. The lowest BCUT2D eigenvalue weighted by atomic mass is 10.1. The maximum Gasteiger partial charge on any atom is 0.325 e. The highest BCUT2D eigenvalue weighted by Crippen LogP contribution is 2.29. The van der Waals surface area contributed by atoms with E-state index in [1.165, 1.54) is 10.2 Å². The average Bonchev–Trinajstić information content (AvgIpc) is 3.04. The van der Waals surface area contributed by atoms with Gasteiger partial charge in [0.25, 0.3) is 0 Å². The summed E-state index contributed by atoms with van der Waals surface area (Å²) in [4.78, 5) is 10.8. The molecule has 0 unspecified atom stereocenters. The van der Waals surface area contributed by atoms with Gasteiger partial charge >= 0.3 is 5.97 Å². The first-order chi connectivity index (χ1) is 11.7. The van der Waals surface area contributed by atoms with Crippen LogP contribution in [0.3, 0.4) is 0 Å². The first-order valence-corrected chi connectivity index (χ1v) is 7.73. The molecule has 0 aliphatic heterocycles. The Balaban J connectivity index is 1.71. The van der Waals surface area contributed by atoms with Crippen molar-refractivity contribution >= 4 is 5.97 Å². The zero-order chi connectivity index (χ0) is 16.8. The number of nitrogens with zero attached hydrogens (tertiary/aromatic N) is 2. The minimum atomic E-state index is -0.919. The van der Waals surface area contributed by atoms with E-state index < -0.39 is 5.97 Å². The number of carboxylic acid groups (broad SMARTS) is 1. The quantitative estimate of drug-likeness (QED) is 0.725. The molecule has 5 nitrogen and oxygen atoms in total. The highest BCUT2D eigenvalue weighted by atomic mass is 16.5. The lowest BCUT2D eigenvalue weighted by Crippen LogP contribution is -2.08. The van der Waals surface area contributed by atoms with Crippen molar-refractivity contribution in [3.8, 4) is 16.9 Å². The van der Waals surface area contributed by atoms with Gasteiger partial charge in [-0.15, -0.1) is 0 Å². The van der Waals surface area contributed by atoms with Crippen LogP contribution in [-0.2, 0) is 17.8 Å². The van der Waals surface area contributed by atoms with Crippen molar-refractivity contribution in [3.63, 3.8) is 0 Å². The lowest BCUT2D eigenvalue weighted by Gasteiger charge is -2.10. The molecular weight excluding hydrogens is 304 g/mol. The molecule has 5 heteroatoms. The molecule has 3 aromatic rings. The number of carbonyl (C=O) groups is 1. The Labute approximate surface area is 140 Å². The van der Waals surface area contributed by atoms with Gasteiger partial charge in [0.15, 0.2) is 0 Å². The summed E-state index contributed by atoms with van der Waals surface area (Å²) >= 11 is 0. The second-order valence-electron chi connectivity index (χ2n) is 5.40. The summed E-state index contributed by atoms with van der Waals surface area (Å²) in [7, 11) is 0. The van der Waals surface area contributed by atoms with Crippen molar-refractivity contribution in [2.45, 2.75) is 13.0 Å². The molecule has 24 heavy (non-hydrogen) atoms. The largest absolute Gasteiger partial charge is 0.493 e. The summed E-state index contributed by atoms with van der Waals surface area (Å²) < 4.78 is 7.33. The molecule has 1 heterocycles. The van der Waals surface area contributed by atoms with E-state index in [4.69, 9.17) is 9.84 Å². The molecule has 0 aliphatic carbocycles. The standard InChI is InChI=1S/C19H18N2O3/c22-19(23)14-21-13-16(12-20-21)17-8-4-5-9-18(17)24-11-10-15-6-2-1-3-7-15/h1-9,12-13H,10-11,14H2,(H,22,23). The number of hydrogen-bond acceptors (Lipinski definition) is 3. The molecule has 3 rings (SSSR count). The van der Waals surface area contributed by atoms with Crippen LogP contribution in [0.5, 0.6) is 5.75 Å². The van der Waals surface area contributed by atoms with E-state index in [0.29, 0.717) is 6.61 Å². The number of para-hydroxylation sites is 1. The van der Waals surface area contributed by atoms with E-state index in [1.807, 2.05) is 42.5 Å². The fourth-order valence-electron chi connectivity index (χ4n) is 2.48. The molecule has 0 radical (unpaired) electrons. The van der Waals surface area contributed by atoms with E-state index in [2.05, 4.69) is 17.2 Å². The molecule has 0 fully saturated rings. The number of rotatable bonds is 7. The Bertz CT molecular complexity index is 812. The molecule has 0 atom stereocenters. The second-order valence-corrected chi connectivity index (χ2v) is 5.40.